The van der Waals surface area contributed by atoms with Gasteiger partial charge in [-0.1, -0.05) is 30.7 Å². The molecule has 0 unspecified atom stereocenters. The van der Waals surface area contributed by atoms with Crippen molar-refractivity contribution in [3.63, 3.8) is 0 Å². The molecule has 84 valence electrons. The van der Waals surface area contributed by atoms with E-state index in [9.17, 15) is 4.39 Å². The summed E-state index contributed by atoms with van der Waals surface area (Å²) in [5, 5.41) is 7.64. The lowest BCUT2D eigenvalue weighted by Gasteiger charge is -2.06. The van der Waals surface area contributed by atoms with Crippen LogP contribution in [0.2, 0.25) is 0 Å². The number of benzene rings is 1. The quantitative estimate of drug-likeness (QED) is 0.860. The SMILES string of the molecule is CCCc1c(N)nnn1-c1ccccc1F. The number of nitrogen functional groups attached to an aromatic ring is 1. The summed E-state index contributed by atoms with van der Waals surface area (Å²) < 4.78 is 15.0. The molecule has 1 aromatic carbocycles. The minimum absolute atomic E-state index is 0.329. The third-order valence-corrected chi connectivity index (χ3v) is 2.36. The summed E-state index contributed by atoms with van der Waals surface area (Å²) in [5.74, 6) is 0.0369. The number of hydrogen-bond acceptors (Lipinski definition) is 3. The molecule has 0 saturated carbocycles. The van der Waals surface area contributed by atoms with Gasteiger partial charge in [0.1, 0.15) is 11.5 Å². The predicted octanol–water partition coefficient (Wildman–Crippen LogP) is 1.94. The van der Waals surface area contributed by atoms with Crippen molar-refractivity contribution in [2.75, 3.05) is 5.73 Å². The molecule has 4 nitrogen and oxygen atoms in total. The molecule has 0 saturated heterocycles. The van der Waals surface area contributed by atoms with E-state index in [2.05, 4.69) is 10.3 Å². The summed E-state index contributed by atoms with van der Waals surface area (Å²) in [6.07, 6.45) is 1.64. The van der Waals surface area contributed by atoms with E-state index in [1.807, 2.05) is 6.92 Å². The first kappa shape index (κ1) is 10.6. The van der Waals surface area contributed by atoms with Gasteiger partial charge in [0.15, 0.2) is 5.82 Å². The van der Waals surface area contributed by atoms with Gasteiger partial charge in [0, 0.05) is 0 Å². The number of hydrogen-bond donors (Lipinski definition) is 1. The van der Waals surface area contributed by atoms with E-state index in [0.29, 0.717) is 11.5 Å². The summed E-state index contributed by atoms with van der Waals surface area (Å²) in [6.45, 7) is 2.03. The van der Waals surface area contributed by atoms with E-state index in [0.717, 1.165) is 18.5 Å². The summed E-state index contributed by atoms with van der Waals surface area (Å²) in [5.41, 5.74) is 6.84. The molecular formula is C11H13FN4. The number of halogens is 1. The van der Waals surface area contributed by atoms with Crippen LogP contribution in [0, 0.1) is 5.82 Å². The number of para-hydroxylation sites is 1. The predicted molar refractivity (Wildman–Crippen MR) is 59.7 cm³/mol. The van der Waals surface area contributed by atoms with E-state index < -0.39 is 0 Å². The van der Waals surface area contributed by atoms with Gasteiger partial charge in [0.25, 0.3) is 0 Å². The molecule has 5 heteroatoms. The van der Waals surface area contributed by atoms with Crippen LogP contribution in [-0.4, -0.2) is 15.0 Å². The van der Waals surface area contributed by atoms with Crippen molar-refractivity contribution < 1.29 is 4.39 Å². The highest BCUT2D eigenvalue weighted by molar-refractivity contribution is 5.41. The normalized spacial score (nSPS) is 10.6. The Kier molecular flexibility index (Phi) is 2.85. The van der Waals surface area contributed by atoms with E-state index in [1.165, 1.54) is 10.7 Å². The number of anilines is 1. The third kappa shape index (κ3) is 1.76. The van der Waals surface area contributed by atoms with Crippen molar-refractivity contribution in [1.82, 2.24) is 15.0 Å². The molecule has 1 heterocycles. The Balaban J connectivity index is 2.52. The molecule has 0 atom stereocenters. The summed E-state index contributed by atoms with van der Waals surface area (Å²) in [6, 6.07) is 6.44. The molecule has 0 bridgehead atoms. The van der Waals surface area contributed by atoms with Crippen molar-refractivity contribution in [1.29, 1.82) is 0 Å². The van der Waals surface area contributed by atoms with Gasteiger partial charge in [-0.3, -0.25) is 0 Å². The largest absolute Gasteiger partial charge is 0.381 e. The lowest BCUT2D eigenvalue weighted by atomic mass is 10.2. The molecule has 2 rings (SSSR count). The molecule has 0 amide bonds. The molecule has 2 aromatic rings. The summed E-state index contributed by atoms with van der Waals surface area (Å²) in [4.78, 5) is 0. The monoisotopic (exact) mass is 220 g/mol. The lowest BCUT2D eigenvalue weighted by molar-refractivity contribution is 0.601. The fraction of sp³-hybridized carbons (Fsp3) is 0.273. The second-order valence-electron chi connectivity index (χ2n) is 3.53. The molecule has 16 heavy (non-hydrogen) atoms. The smallest absolute Gasteiger partial charge is 0.169 e. The maximum absolute atomic E-state index is 13.6. The second kappa shape index (κ2) is 4.30. The average molecular weight is 220 g/mol. The first-order valence-corrected chi connectivity index (χ1v) is 5.19. The molecule has 0 radical (unpaired) electrons. The first-order chi connectivity index (χ1) is 7.74. The zero-order valence-electron chi connectivity index (χ0n) is 9.02. The number of aromatic nitrogens is 3. The molecule has 0 fully saturated rings. The standard InChI is InChI=1S/C11H13FN4/c1-2-5-10-11(13)14-15-16(10)9-7-4-3-6-8(9)12/h3-4,6-7H,2,5,13H2,1H3. The van der Waals surface area contributed by atoms with Gasteiger partial charge in [-0.05, 0) is 18.6 Å². The van der Waals surface area contributed by atoms with Gasteiger partial charge in [0.2, 0.25) is 0 Å². The maximum Gasteiger partial charge on any atom is 0.169 e. The zero-order chi connectivity index (χ0) is 11.5. The highest BCUT2D eigenvalue weighted by atomic mass is 19.1. The molecule has 0 aliphatic rings. The summed E-state index contributed by atoms with van der Waals surface area (Å²) in [7, 11) is 0. The van der Waals surface area contributed by atoms with Crippen LogP contribution in [0.15, 0.2) is 24.3 Å². The van der Waals surface area contributed by atoms with Gasteiger partial charge < -0.3 is 5.73 Å². The van der Waals surface area contributed by atoms with Crippen molar-refractivity contribution in [3.05, 3.63) is 35.8 Å². The molecule has 0 aliphatic heterocycles. The first-order valence-electron chi connectivity index (χ1n) is 5.19. The van der Waals surface area contributed by atoms with Gasteiger partial charge >= 0.3 is 0 Å². The van der Waals surface area contributed by atoms with Crippen LogP contribution in [0.1, 0.15) is 19.0 Å². The Morgan fingerprint density at radius 1 is 1.38 bits per heavy atom. The van der Waals surface area contributed by atoms with Gasteiger partial charge in [0.05, 0.1) is 5.69 Å². The van der Waals surface area contributed by atoms with Crippen molar-refractivity contribution in [2.24, 2.45) is 0 Å². The second-order valence-corrected chi connectivity index (χ2v) is 3.53. The fourth-order valence-electron chi connectivity index (χ4n) is 1.60. The Morgan fingerprint density at radius 3 is 2.81 bits per heavy atom. The molecule has 0 aliphatic carbocycles. The average Bonchev–Trinajstić information content (AvgIpc) is 2.62. The molecule has 0 spiro atoms. The van der Waals surface area contributed by atoms with E-state index in [1.54, 1.807) is 18.2 Å². The highest BCUT2D eigenvalue weighted by Gasteiger charge is 2.13. The highest BCUT2D eigenvalue weighted by Crippen LogP contribution is 2.18. The van der Waals surface area contributed by atoms with Crippen LogP contribution in [-0.2, 0) is 6.42 Å². The number of nitrogens with two attached hydrogens (primary N) is 1. The van der Waals surface area contributed by atoms with E-state index in [-0.39, 0.29) is 5.82 Å². The third-order valence-electron chi connectivity index (χ3n) is 2.36. The lowest BCUT2D eigenvalue weighted by Crippen LogP contribution is -2.05. The van der Waals surface area contributed by atoms with Gasteiger partial charge in [-0.15, -0.1) is 5.10 Å². The Bertz CT molecular complexity index is 492. The van der Waals surface area contributed by atoms with Crippen molar-refractivity contribution in [3.8, 4) is 5.69 Å². The van der Waals surface area contributed by atoms with Gasteiger partial charge in [-0.25, -0.2) is 9.07 Å². The summed E-state index contributed by atoms with van der Waals surface area (Å²) >= 11 is 0. The van der Waals surface area contributed by atoms with E-state index >= 15 is 0 Å². The van der Waals surface area contributed by atoms with Crippen LogP contribution in [0.3, 0.4) is 0 Å². The van der Waals surface area contributed by atoms with Crippen LogP contribution in [0.4, 0.5) is 10.2 Å². The maximum atomic E-state index is 13.6. The Hall–Kier alpha value is -1.91. The van der Waals surface area contributed by atoms with Gasteiger partial charge in [-0.2, -0.15) is 0 Å². The Morgan fingerprint density at radius 2 is 2.12 bits per heavy atom. The minimum Gasteiger partial charge on any atom is -0.381 e. The van der Waals surface area contributed by atoms with Crippen LogP contribution >= 0.6 is 0 Å². The van der Waals surface area contributed by atoms with Crippen molar-refractivity contribution >= 4 is 5.82 Å². The minimum atomic E-state index is -0.329. The molecule has 2 N–H and O–H groups in total. The zero-order valence-corrected chi connectivity index (χ0v) is 9.02. The van der Waals surface area contributed by atoms with Crippen LogP contribution in [0.5, 0.6) is 0 Å². The topological polar surface area (TPSA) is 56.7 Å². The molecule has 1 aromatic heterocycles. The van der Waals surface area contributed by atoms with Crippen molar-refractivity contribution in [2.45, 2.75) is 19.8 Å². The Labute approximate surface area is 92.9 Å². The van der Waals surface area contributed by atoms with Crippen LogP contribution in [0.25, 0.3) is 5.69 Å². The number of nitrogens with zero attached hydrogens (tertiary/aromatic N) is 3. The van der Waals surface area contributed by atoms with Crippen LogP contribution < -0.4 is 5.73 Å². The number of rotatable bonds is 3. The fourth-order valence-corrected chi connectivity index (χ4v) is 1.60. The van der Waals surface area contributed by atoms with E-state index in [4.69, 9.17) is 5.73 Å². The molecular weight excluding hydrogens is 207 g/mol.